The van der Waals surface area contributed by atoms with E-state index in [1.54, 1.807) is 77.1 Å². The number of aliphatic hydroxyl groups is 3. The molecule has 0 radical (unpaired) electrons. The number of unbranched alkanes of at least 4 members (excludes halogenated alkanes) is 2. The average Bonchev–Trinajstić information content (AvgIpc) is 1.70. The number of allylic oxidation sites excluding steroid dienone is 2. The Labute approximate surface area is 526 Å². The molecule has 5 rings (SSSR count). The van der Waals surface area contributed by atoms with Crippen molar-refractivity contribution < 1.29 is 91.7 Å². The van der Waals surface area contributed by atoms with Gasteiger partial charge in [-0.3, -0.25) is 48.1 Å². The second-order valence-corrected chi connectivity index (χ2v) is 24.7. The van der Waals surface area contributed by atoms with Crippen LogP contribution >= 0.6 is 0 Å². The fraction of sp³-hybridized carbons (Fsp3) is 0.615. The molecule has 4 aliphatic heterocycles. The molecule has 7 N–H and O–H groups in total. The molecular weight excluding hydrogens is 1170 g/mol. The molecule has 0 unspecified atom stereocenters. The van der Waals surface area contributed by atoms with Crippen molar-refractivity contribution in [3.8, 4) is 0 Å². The third kappa shape index (κ3) is 23.0. The third-order valence-corrected chi connectivity index (χ3v) is 16.7. The molecule has 4 aliphatic rings. The largest absolute Gasteiger partial charge is 0.457 e. The number of nitrogens with two attached hydrogens (primary N) is 1. The number of benzene rings is 1. The molecule has 7 amide bonds. The topological polar surface area (TPSA) is 358 Å². The Balaban J connectivity index is 1.09. The number of ketones is 2. The number of nitrogens with zero attached hydrogens (tertiary/aromatic N) is 3. The second kappa shape index (κ2) is 34.0. The van der Waals surface area contributed by atoms with Crippen molar-refractivity contribution in [1.29, 1.82) is 0 Å². The maximum Gasteiger partial charge on any atom is 0.410 e. The maximum absolute atomic E-state index is 13.9. The van der Waals surface area contributed by atoms with Gasteiger partial charge in [-0.05, 0) is 89.1 Å². The van der Waals surface area contributed by atoms with Crippen LogP contribution < -0.4 is 16.4 Å². The summed E-state index contributed by atoms with van der Waals surface area (Å²) in [6.45, 7) is 15.1. The smallest absolute Gasteiger partial charge is 0.410 e. The van der Waals surface area contributed by atoms with E-state index in [1.165, 1.54) is 47.9 Å². The van der Waals surface area contributed by atoms with E-state index in [0.717, 1.165) is 4.90 Å². The summed E-state index contributed by atoms with van der Waals surface area (Å²) in [5.41, 5.74) is 4.09. The number of piperazine rings is 1. The van der Waals surface area contributed by atoms with Crippen molar-refractivity contribution in [2.45, 2.75) is 200 Å². The highest BCUT2D eigenvalue weighted by Gasteiger charge is 2.47. The highest BCUT2D eigenvalue weighted by Crippen LogP contribution is 2.38. The van der Waals surface area contributed by atoms with Crippen molar-refractivity contribution in [2.75, 3.05) is 38.0 Å². The Morgan fingerprint density at radius 2 is 1.53 bits per heavy atom. The van der Waals surface area contributed by atoms with Gasteiger partial charge >= 0.3 is 24.1 Å². The molecule has 90 heavy (non-hydrogen) atoms. The number of rotatable bonds is 29. The first-order chi connectivity index (χ1) is 42.4. The Morgan fingerprint density at radius 1 is 0.889 bits per heavy atom. The first-order valence-corrected chi connectivity index (χ1v) is 31.0. The van der Waals surface area contributed by atoms with Gasteiger partial charge in [0.1, 0.15) is 18.5 Å². The van der Waals surface area contributed by atoms with Crippen LogP contribution in [-0.2, 0) is 73.4 Å². The van der Waals surface area contributed by atoms with Crippen LogP contribution in [0.1, 0.15) is 145 Å². The summed E-state index contributed by atoms with van der Waals surface area (Å²) < 4.78 is 29.2. The van der Waals surface area contributed by atoms with Gasteiger partial charge in [-0.25, -0.2) is 9.59 Å². The number of imide groups is 1. The van der Waals surface area contributed by atoms with Crippen LogP contribution in [0.5, 0.6) is 0 Å². The number of Topliss-reactive ketones (excluding diaryl/α,β-unsaturated/α-hetero) is 2. The number of carbonyl (C=O) groups excluding carboxylic acids is 11. The number of cyclic esters (lactones) is 1. The van der Waals surface area contributed by atoms with Crippen molar-refractivity contribution in [2.24, 2.45) is 29.4 Å². The fourth-order valence-electron chi connectivity index (χ4n) is 10.9. The molecule has 25 nitrogen and oxygen atoms in total. The molecule has 4 heterocycles. The normalized spacial score (nSPS) is 25.0. The van der Waals surface area contributed by atoms with Crippen LogP contribution in [0.25, 0.3) is 0 Å². The molecule has 25 heteroatoms. The number of ether oxygens (including phenoxy) is 5. The Bertz CT molecular complexity index is 2840. The Morgan fingerprint density at radius 3 is 2.16 bits per heavy atom. The van der Waals surface area contributed by atoms with Crippen LogP contribution in [0.4, 0.5) is 15.3 Å². The first kappa shape index (κ1) is 73.1. The number of epoxide rings is 1. The number of nitrogens with one attached hydrogen (secondary N) is 2. The monoisotopic (exact) mass is 1260 g/mol. The lowest BCUT2D eigenvalue weighted by Gasteiger charge is -2.39. The van der Waals surface area contributed by atoms with Gasteiger partial charge in [-0.15, -0.1) is 0 Å². The number of aliphatic hydroxyl groups excluding tert-OH is 2. The highest BCUT2D eigenvalue weighted by atomic mass is 16.6. The molecule has 2 saturated heterocycles. The lowest BCUT2D eigenvalue weighted by molar-refractivity contribution is -0.158. The highest BCUT2D eigenvalue weighted by molar-refractivity contribution is 6.12. The summed E-state index contributed by atoms with van der Waals surface area (Å²) in [6, 6.07) is 5.19. The van der Waals surface area contributed by atoms with Gasteiger partial charge in [0.15, 0.2) is 17.5 Å². The van der Waals surface area contributed by atoms with Crippen LogP contribution in [-0.4, -0.2) is 182 Å². The number of hydrogen-bond acceptors (Lipinski definition) is 19. The van der Waals surface area contributed by atoms with E-state index in [2.05, 4.69) is 10.6 Å². The van der Waals surface area contributed by atoms with Crippen LogP contribution in [0, 0.1) is 23.7 Å². The maximum atomic E-state index is 13.9. The number of amides is 7. The number of primary amides is 1. The van der Waals surface area contributed by atoms with E-state index in [4.69, 9.17) is 29.4 Å². The molecule has 496 valence electrons. The molecule has 0 bridgehead atoms. The second-order valence-electron chi connectivity index (χ2n) is 24.7. The molecule has 0 aromatic heterocycles. The number of hydrogen-bond donors (Lipinski definition) is 6. The molecule has 0 saturated carbocycles. The van der Waals surface area contributed by atoms with Gasteiger partial charge < -0.3 is 65.2 Å². The van der Waals surface area contributed by atoms with Crippen molar-refractivity contribution in [3.05, 3.63) is 77.9 Å². The average molecular weight is 1260 g/mol. The van der Waals surface area contributed by atoms with E-state index in [9.17, 15) is 68.1 Å². The van der Waals surface area contributed by atoms with Crippen LogP contribution in [0.3, 0.4) is 0 Å². The summed E-state index contributed by atoms with van der Waals surface area (Å²) in [5, 5.41) is 37.8. The van der Waals surface area contributed by atoms with Crippen LogP contribution in [0.2, 0.25) is 0 Å². The molecular formula is C65H92N6O19. The summed E-state index contributed by atoms with van der Waals surface area (Å²) in [7, 11) is 0. The van der Waals surface area contributed by atoms with Gasteiger partial charge in [0, 0.05) is 107 Å². The predicted molar refractivity (Wildman–Crippen MR) is 327 cm³/mol. The zero-order chi connectivity index (χ0) is 66.6. The first-order valence-electron chi connectivity index (χ1n) is 31.0. The van der Waals surface area contributed by atoms with Crippen molar-refractivity contribution in [3.63, 3.8) is 0 Å². The standard InChI is InChI=1S/C65H92N6O19/c1-10-50(75)42(5)59-52(88-59)37-64(8,85)26-14-15-39(2)58-40(3)17-22-53(87-44(7)72)65(9,27-25-49(74)36-57(80)89-58)90-63(84)70-31-29-69(30-32-70)62(83)86-38-45-18-20-47(21-19-45)68-61(82)46(35-54(66)77)34-51(76)43(6)67-60(81)41(4)33-48(73)16-12-11-13-28-71-55(78)23-24-56(71)79/h14-15,17-24,26,40-43,46,49-50,52-53,58-59,74-75,85H,10-13,16,25,27-38H2,1-9H3,(H2,66,77)(H,67,81)(H,68,82)/b22-17+,26-14+,39-15+/t40-,41+,42+,43-,46-,49+,50-,52+,53-,58+,59+,64-,65+/m0/s1. The summed E-state index contributed by atoms with van der Waals surface area (Å²) in [5.74, 6) is -7.42. The molecule has 1 aromatic carbocycles. The summed E-state index contributed by atoms with van der Waals surface area (Å²) in [6.07, 6.45) is 6.41. The van der Waals surface area contributed by atoms with Gasteiger partial charge in [-0.2, -0.15) is 0 Å². The Kier molecular flexibility index (Phi) is 27.6. The van der Waals surface area contributed by atoms with E-state index in [1.807, 2.05) is 13.8 Å². The van der Waals surface area contributed by atoms with Crippen molar-refractivity contribution >= 4 is 70.9 Å². The van der Waals surface area contributed by atoms with E-state index >= 15 is 0 Å². The SMILES string of the molecule is CC[C@H](O)[C@@H](C)[C@H]1O[C@@H]1C[C@@](C)(O)/C=C/C=C(\C)[C@H]1OC(=O)C[C@H](O)CC[C@@](C)(OC(=O)N2CCN(C(=O)OCc3ccc(NC(=O)[C@H](CC(N)=O)CC(=O)[C@H](C)NC(=O)[C@H](C)CC(=O)CCCCCN4C(=O)C=CC4=O)cc3)CC2)[C@@H](OC(C)=O)/C=C/[C@@H]1C. The zero-order valence-electron chi connectivity index (χ0n) is 53.2. The number of esters is 2. The third-order valence-electron chi connectivity index (χ3n) is 16.7. The minimum Gasteiger partial charge on any atom is -0.457 e. The van der Waals surface area contributed by atoms with Gasteiger partial charge in [0.25, 0.3) is 11.8 Å². The predicted octanol–water partition coefficient (Wildman–Crippen LogP) is 5.21. The minimum atomic E-state index is -1.55. The lowest BCUT2D eigenvalue weighted by Crippen LogP contribution is -2.54. The van der Waals surface area contributed by atoms with Gasteiger partial charge in [0.2, 0.25) is 17.7 Å². The molecule has 0 aliphatic carbocycles. The van der Waals surface area contributed by atoms with Gasteiger partial charge in [-0.1, -0.05) is 70.6 Å². The fourth-order valence-corrected chi connectivity index (χ4v) is 10.9. The van der Waals surface area contributed by atoms with E-state index in [0.29, 0.717) is 48.9 Å². The van der Waals surface area contributed by atoms with E-state index < -0.39 is 120 Å². The van der Waals surface area contributed by atoms with Crippen LogP contribution in [0.15, 0.2) is 72.4 Å². The minimum absolute atomic E-state index is 0.0339. The Hall–Kier alpha value is -7.61. The molecule has 13 atom stereocenters. The van der Waals surface area contributed by atoms with E-state index in [-0.39, 0.29) is 107 Å². The molecule has 1 aromatic rings. The summed E-state index contributed by atoms with van der Waals surface area (Å²) >= 11 is 0. The number of carbonyl (C=O) groups is 11. The van der Waals surface area contributed by atoms with Crippen molar-refractivity contribution in [1.82, 2.24) is 20.0 Å². The summed E-state index contributed by atoms with van der Waals surface area (Å²) in [4.78, 5) is 145. The zero-order valence-corrected chi connectivity index (χ0v) is 53.2. The lowest BCUT2D eigenvalue weighted by atomic mass is 9.88. The quantitative estimate of drug-likeness (QED) is 0.0114. The molecule has 0 spiro atoms. The van der Waals surface area contributed by atoms with Gasteiger partial charge in [0.05, 0.1) is 48.4 Å². The molecule has 2 fully saturated rings. The number of anilines is 1.